The van der Waals surface area contributed by atoms with Gasteiger partial charge in [0.15, 0.2) is 0 Å². The zero-order chi connectivity index (χ0) is 12.3. The van der Waals surface area contributed by atoms with Crippen LogP contribution in [0.25, 0.3) is 0 Å². The monoisotopic (exact) mass is 232 g/mol. The summed E-state index contributed by atoms with van der Waals surface area (Å²) < 4.78 is 19.2. The third kappa shape index (κ3) is 2.60. The van der Waals surface area contributed by atoms with Gasteiger partial charge in [0.05, 0.1) is 6.20 Å². The quantitative estimate of drug-likeness (QED) is 0.884. The first-order chi connectivity index (χ1) is 8.18. The Labute approximate surface area is 99.1 Å². The third-order valence-electron chi connectivity index (χ3n) is 2.33. The van der Waals surface area contributed by atoms with Crippen molar-refractivity contribution in [3.63, 3.8) is 0 Å². The number of hydrogen-bond acceptors (Lipinski definition) is 3. The van der Waals surface area contributed by atoms with E-state index in [-0.39, 0.29) is 5.82 Å². The van der Waals surface area contributed by atoms with Crippen molar-refractivity contribution in [3.05, 3.63) is 54.1 Å². The fraction of sp³-hybridized carbons (Fsp3) is 0.154. The summed E-state index contributed by atoms with van der Waals surface area (Å²) in [6, 6.07) is 7.72. The molecule has 0 unspecified atom stereocenters. The van der Waals surface area contributed by atoms with E-state index >= 15 is 0 Å². The Morgan fingerprint density at radius 3 is 2.76 bits per heavy atom. The molecule has 0 amide bonds. The molecular weight excluding hydrogens is 219 g/mol. The number of nitrogens with zero attached hydrogens (tertiary/aromatic N) is 1. The van der Waals surface area contributed by atoms with Crippen LogP contribution in [0.15, 0.2) is 42.7 Å². The molecule has 17 heavy (non-hydrogen) atoms. The standard InChI is InChI=1S/C13H13FN2O/c1-9(15)13-11(14)5-2-6-12(13)17-10-4-3-7-16-8-10/h2-9H,15H2,1H3/t9-/m1/s1. The molecule has 1 atom stereocenters. The van der Waals surface area contributed by atoms with Crippen molar-refractivity contribution in [2.45, 2.75) is 13.0 Å². The van der Waals surface area contributed by atoms with Crippen LogP contribution in [0.5, 0.6) is 11.5 Å². The molecule has 0 spiro atoms. The van der Waals surface area contributed by atoms with E-state index in [9.17, 15) is 4.39 Å². The predicted molar refractivity (Wildman–Crippen MR) is 63.3 cm³/mol. The highest BCUT2D eigenvalue weighted by molar-refractivity contribution is 5.39. The van der Waals surface area contributed by atoms with Gasteiger partial charge in [0, 0.05) is 17.8 Å². The molecule has 2 aromatic rings. The molecule has 0 radical (unpaired) electrons. The van der Waals surface area contributed by atoms with Crippen molar-refractivity contribution in [1.29, 1.82) is 0 Å². The second-order valence-electron chi connectivity index (χ2n) is 3.73. The van der Waals surface area contributed by atoms with Crippen LogP contribution in [0.1, 0.15) is 18.5 Å². The zero-order valence-electron chi connectivity index (χ0n) is 9.43. The van der Waals surface area contributed by atoms with Gasteiger partial charge in [-0.1, -0.05) is 6.07 Å². The summed E-state index contributed by atoms with van der Waals surface area (Å²) in [5.74, 6) is 0.620. The first-order valence-corrected chi connectivity index (χ1v) is 5.30. The number of hydrogen-bond donors (Lipinski definition) is 1. The number of rotatable bonds is 3. The van der Waals surface area contributed by atoms with Gasteiger partial charge < -0.3 is 10.5 Å². The van der Waals surface area contributed by atoms with Crippen LogP contribution in [0.4, 0.5) is 4.39 Å². The average molecular weight is 232 g/mol. The smallest absolute Gasteiger partial charge is 0.145 e. The van der Waals surface area contributed by atoms with Crippen molar-refractivity contribution in [2.75, 3.05) is 0 Å². The van der Waals surface area contributed by atoms with E-state index in [0.717, 1.165) is 0 Å². The number of benzene rings is 1. The molecular formula is C13H13FN2O. The normalized spacial score (nSPS) is 12.2. The average Bonchev–Trinajstić information content (AvgIpc) is 2.30. The zero-order valence-corrected chi connectivity index (χ0v) is 9.43. The Hall–Kier alpha value is -1.94. The Morgan fingerprint density at radius 1 is 1.29 bits per heavy atom. The lowest BCUT2D eigenvalue weighted by Gasteiger charge is -2.14. The van der Waals surface area contributed by atoms with E-state index in [1.54, 1.807) is 43.6 Å². The van der Waals surface area contributed by atoms with Crippen LogP contribution in [-0.2, 0) is 0 Å². The Kier molecular flexibility index (Phi) is 3.35. The molecule has 0 fully saturated rings. The van der Waals surface area contributed by atoms with Gasteiger partial charge in [-0.05, 0) is 31.2 Å². The SMILES string of the molecule is C[C@@H](N)c1c(F)cccc1Oc1cccnc1. The van der Waals surface area contributed by atoms with Gasteiger partial charge in [-0.2, -0.15) is 0 Å². The molecule has 0 aliphatic rings. The van der Waals surface area contributed by atoms with Crippen LogP contribution in [-0.4, -0.2) is 4.98 Å². The minimum absolute atomic E-state index is 0.360. The second kappa shape index (κ2) is 4.93. The van der Waals surface area contributed by atoms with Gasteiger partial charge in [-0.25, -0.2) is 4.39 Å². The van der Waals surface area contributed by atoms with Crippen LogP contribution >= 0.6 is 0 Å². The molecule has 88 valence electrons. The molecule has 0 aliphatic heterocycles. The van der Waals surface area contributed by atoms with Crippen molar-refractivity contribution in [3.8, 4) is 11.5 Å². The Bertz CT molecular complexity index is 500. The Morgan fingerprint density at radius 2 is 2.12 bits per heavy atom. The summed E-state index contributed by atoms with van der Waals surface area (Å²) in [6.45, 7) is 1.72. The summed E-state index contributed by atoms with van der Waals surface area (Å²) in [7, 11) is 0. The third-order valence-corrected chi connectivity index (χ3v) is 2.33. The largest absolute Gasteiger partial charge is 0.455 e. The summed E-state index contributed by atoms with van der Waals surface area (Å²) in [4.78, 5) is 3.93. The lowest BCUT2D eigenvalue weighted by molar-refractivity contribution is 0.459. The number of pyridine rings is 1. The molecule has 0 aliphatic carbocycles. The first-order valence-electron chi connectivity index (χ1n) is 5.30. The fourth-order valence-electron chi connectivity index (χ4n) is 1.58. The number of ether oxygens (including phenoxy) is 1. The van der Waals surface area contributed by atoms with E-state index in [4.69, 9.17) is 10.5 Å². The van der Waals surface area contributed by atoms with Gasteiger partial charge in [-0.15, -0.1) is 0 Å². The number of nitrogens with two attached hydrogens (primary N) is 1. The van der Waals surface area contributed by atoms with E-state index in [1.807, 2.05) is 0 Å². The van der Waals surface area contributed by atoms with Crippen molar-refractivity contribution in [2.24, 2.45) is 5.73 Å². The van der Waals surface area contributed by atoms with Crippen LogP contribution in [0.2, 0.25) is 0 Å². The maximum atomic E-state index is 13.6. The van der Waals surface area contributed by atoms with Gasteiger partial charge in [0.2, 0.25) is 0 Å². The van der Waals surface area contributed by atoms with Crippen LogP contribution < -0.4 is 10.5 Å². The Balaban J connectivity index is 2.36. The van der Waals surface area contributed by atoms with Crippen molar-refractivity contribution >= 4 is 0 Å². The number of halogens is 1. The van der Waals surface area contributed by atoms with E-state index in [2.05, 4.69) is 4.98 Å². The lowest BCUT2D eigenvalue weighted by Crippen LogP contribution is -2.09. The molecule has 1 aromatic heterocycles. The topological polar surface area (TPSA) is 48.1 Å². The van der Waals surface area contributed by atoms with Gasteiger partial charge in [-0.3, -0.25) is 4.98 Å². The molecule has 0 saturated heterocycles. The lowest BCUT2D eigenvalue weighted by atomic mass is 10.1. The van der Waals surface area contributed by atoms with E-state index in [1.165, 1.54) is 6.07 Å². The van der Waals surface area contributed by atoms with Crippen LogP contribution in [0, 0.1) is 5.82 Å². The molecule has 1 aromatic carbocycles. The summed E-state index contributed by atoms with van der Waals surface area (Å²) in [5, 5.41) is 0. The summed E-state index contributed by atoms with van der Waals surface area (Å²) in [6.07, 6.45) is 3.21. The summed E-state index contributed by atoms with van der Waals surface area (Å²) >= 11 is 0. The molecule has 2 rings (SSSR count). The van der Waals surface area contributed by atoms with Gasteiger partial charge in [0.25, 0.3) is 0 Å². The van der Waals surface area contributed by atoms with E-state index in [0.29, 0.717) is 17.1 Å². The maximum absolute atomic E-state index is 13.6. The highest BCUT2D eigenvalue weighted by Crippen LogP contribution is 2.30. The molecule has 3 nitrogen and oxygen atoms in total. The highest BCUT2D eigenvalue weighted by atomic mass is 19.1. The molecule has 0 bridgehead atoms. The van der Waals surface area contributed by atoms with E-state index < -0.39 is 6.04 Å². The van der Waals surface area contributed by atoms with Crippen LogP contribution in [0.3, 0.4) is 0 Å². The van der Waals surface area contributed by atoms with Crippen molar-refractivity contribution < 1.29 is 9.13 Å². The van der Waals surface area contributed by atoms with Gasteiger partial charge in [0.1, 0.15) is 17.3 Å². The molecule has 1 heterocycles. The molecule has 2 N–H and O–H groups in total. The summed E-state index contributed by atoms with van der Waals surface area (Å²) in [5.41, 5.74) is 6.11. The fourth-order valence-corrected chi connectivity index (χ4v) is 1.58. The van der Waals surface area contributed by atoms with Crippen molar-refractivity contribution in [1.82, 2.24) is 4.98 Å². The molecule has 4 heteroatoms. The van der Waals surface area contributed by atoms with Gasteiger partial charge >= 0.3 is 0 Å². The molecule has 0 saturated carbocycles. The minimum atomic E-state index is -0.428. The first kappa shape index (κ1) is 11.5. The number of aromatic nitrogens is 1. The predicted octanol–water partition coefficient (Wildman–Crippen LogP) is 3.03. The highest BCUT2D eigenvalue weighted by Gasteiger charge is 2.14. The minimum Gasteiger partial charge on any atom is -0.455 e. The second-order valence-corrected chi connectivity index (χ2v) is 3.73. The maximum Gasteiger partial charge on any atom is 0.145 e.